The van der Waals surface area contributed by atoms with Crippen molar-refractivity contribution in [1.82, 2.24) is 5.32 Å². The first-order valence-corrected chi connectivity index (χ1v) is 5.79. The number of halogens is 1. The van der Waals surface area contributed by atoms with Gasteiger partial charge in [0.25, 0.3) is 0 Å². The van der Waals surface area contributed by atoms with Crippen LogP contribution in [0.3, 0.4) is 0 Å². The van der Waals surface area contributed by atoms with Gasteiger partial charge in [0.15, 0.2) is 0 Å². The molecule has 0 aliphatic carbocycles. The van der Waals surface area contributed by atoms with E-state index in [2.05, 4.69) is 10.6 Å². The van der Waals surface area contributed by atoms with Crippen LogP contribution in [-0.2, 0) is 9.59 Å². The zero-order chi connectivity index (χ0) is 13.5. The van der Waals surface area contributed by atoms with Gasteiger partial charge in [-0.05, 0) is 24.1 Å². The van der Waals surface area contributed by atoms with Crippen LogP contribution < -0.4 is 10.6 Å². The van der Waals surface area contributed by atoms with Crippen molar-refractivity contribution < 1.29 is 14.0 Å². The fraction of sp³-hybridized carbons (Fsp3) is 0.385. The Morgan fingerprint density at radius 2 is 2.00 bits per heavy atom. The number of carbonyl (C=O) groups is 2. The van der Waals surface area contributed by atoms with Crippen LogP contribution in [0, 0.1) is 11.7 Å². The number of anilines is 1. The molecule has 2 N–H and O–H groups in total. The van der Waals surface area contributed by atoms with E-state index in [0.717, 1.165) is 0 Å². The maximum absolute atomic E-state index is 12.9. The molecule has 1 rings (SSSR count). The van der Waals surface area contributed by atoms with Crippen molar-refractivity contribution in [2.75, 3.05) is 11.9 Å². The minimum Gasteiger partial charge on any atom is -0.355 e. The van der Waals surface area contributed by atoms with Crippen LogP contribution in [0.2, 0.25) is 0 Å². The van der Waals surface area contributed by atoms with Gasteiger partial charge < -0.3 is 10.6 Å². The Labute approximate surface area is 106 Å². The fourth-order valence-electron chi connectivity index (χ4n) is 1.30. The lowest BCUT2D eigenvalue weighted by Gasteiger charge is -2.08. The van der Waals surface area contributed by atoms with Gasteiger partial charge in [0.05, 0.1) is 0 Å². The lowest BCUT2D eigenvalue weighted by Crippen LogP contribution is -2.30. The van der Waals surface area contributed by atoms with Crippen LogP contribution in [0.4, 0.5) is 10.1 Å². The summed E-state index contributed by atoms with van der Waals surface area (Å²) in [6.45, 7) is 4.46. The van der Waals surface area contributed by atoms with Crippen molar-refractivity contribution in [3.05, 3.63) is 30.1 Å². The van der Waals surface area contributed by atoms with Crippen LogP contribution in [0.5, 0.6) is 0 Å². The van der Waals surface area contributed by atoms with Crippen LogP contribution >= 0.6 is 0 Å². The second kappa shape index (κ2) is 6.74. The lowest BCUT2D eigenvalue weighted by molar-refractivity contribution is -0.126. The Balaban J connectivity index is 2.40. The molecule has 0 spiro atoms. The van der Waals surface area contributed by atoms with Crippen LogP contribution in [0.1, 0.15) is 20.3 Å². The van der Waals surface area contributed by atoms with Gasteiger partial charge in [-0.1, -0.05) is 19.9 Å². The number of benzene rings is 1. The van der Waals surface area contributed by atoms with Gasteiger partial charge >= 0.3 is 0 Å². The number of hydrogen-bond donors (Lipinski definition) is 2. The van der Waals surface area contributed by atoms with E-state index < -0.39 is 11.7 Å². The van der Waals surface area contributed by atoms with Gasteiger partial charge in [-0.25, -0.2) is 4.39 Å². The summed E-state index contributed by atoms with van der Waals surface area (Å²) in [6, 6.07) is 5.53. The minimum atomic E-state index is -0.457. The quantitative estimate of drug-likeness (QED) is 0.787. The van der Waals surface area contributed by atoms with Gasteiger partial charge in [-0.3, -0.25) is 9.59 Å². The molecular weight excluding hydrogens is 235 g/mol. The molecular formula is C13H17FN2O2. The molecule has 0 heterocycles. The third-order valence-corrected chi connectivity index (χ3v) is 2.14. The van der Waals surface area contributed by atoms with Crippen LogP contribution in [-0.4, -0.2) is 18.4 Å². The molecule has 4 nitrogen and oxygen atoms in total. The molecule has 0 saturated heterocycles. The first kappa shape index (κ1) is 14.2. The normalized spacial score (nSPS) is 10.2. The third kappa shape index (κ3) is 5.43. The molecule has 0 unspecified atom stereocenters. The standard InChI is InChI=1S/C13H17FN2O2/c1-9(2)8-15-12(17)7-13(18)16-11-5-3-4-10(14)6-11/h3-6,9H,7-8H2,1-2H3,(H,15,17)(H,16,18). The number of carbonyl (C=O) groups excluding carboxylic acids is 2. The Bertz CT molecular complexity index is 433. The Morgan fingerprint density at radius 1 is 1.28 bits per heavy atom. The van der Waals surface area contributed by atoms with Crippen molar-refractivity contribution in [1.29, 1.82) is 0 Å². The van der Waals surface area contributed by atoms with Crippen molar-refractivity contribution >= 4 is 17.5 Å². The minimum absolute atomic E-state index is 0.261. The first-order valence-electron chi connectivity index (χ1n) is 5.79. The van der Waals surface area contributed by atoms with Crippen molar-refractivity contribution in [3.8, 4) is 0 Å². The van der Waals surface area contributed by atoms with Crippen molar-refractivity contribution in [3.63, 3.8) is 0 Å². The third-order valence-electron chi connectivity index (χ3n) is 2.14. The Kier molecular flexibility index (Phi) is 5.30. The second-order valence-corrected chi connectivity index (χ2v) is 4.43. The molecule has 0 aliphatic rings. The van der Waals surface area contributed by atoms with E-state index in [1.54, 1.807) is 6.07 Å². The molecule has 2 amide bonds. The Hall–Kier alpha value is -1.91. The molecule has 0 aliphatic heterocycles. The summed E-state index contributed by atoms with van der Waals surface area (Å²) in [5, 5.41) is 5.10. The summed E-state index contributed by atoms with van der Waals surface area (Å²) >= 11 is 0. The van der Waals surface area contributed by atoms with E-state index in [1.807, 2.05) is 13.8 Å². The summed E-state index contributed by atoms with van der Waals surface area (Å²) in [7, 11) is 0. The predicted octanol–water partition coefficient (Wildman–Crippen LogP) is 1.93. The van der Waals surface area contributed by atoms with E-state index in [-0.39, 0.29) is 12.3 Å². The molecule has 0 aromatic heterocycles. The van der Waals surface area contributed by atoms with Gasteiger partial charge in [-0.15, -0.1) is 0 Å². The zero-order valence-corrected chi connectivity index (χ0v) is 10.5. The van der Waals surface area contributed by atoms with Gasteiger partial charge in [0, 0.05) is 12.2 Å². The summed E-state index contributed by atoms with van der Waals surface area (Å²) in [4.78, 5) is 22.9. The van der Waals surface area contributed by atoms with E-state index in [4.69, 9.17) is 0 Å². The predicted molar refractivity (Wildman–Crippen MR) is 67.5 cm³/mol. The van der Waals surface area contributed by atoms with Gasteiger partial charge in [-0.2, -0.15) is 0 Å². The lowest BCUT2D eigenvalue weighted by atomic mass is 10.2. The Morgan fingerprint density at radius 3 is 2.61 bits per heavy atom. The molecule has 0 radical (unpaired) electrons. The molecule has 1 aromatic rings. The highest BCUT2D eigenvalue weighted by Gasteiger charge is 2.09. The molecule has 5 heteroatoms. The largest absolute Gasteiger partial charge is 0.355 e. The molecule has 0 fully saturated rings. The van der Waals surface area contributed by atoms with E-state index in [0.29, 0.717) is 18.2 Å². The molecule has 98 valence electrons. The number of amides is 2. The molecule has 1 aromatic carbocycles. The van der Waals surface area contributed by atoms with E-state index >= 15 is 0 Å². The van der Waals surface area contributed by atoms with Crippen LogP contribution in [0.25, 0.3) is 0 Å². The average molecular weight is 252 g/mol. The maximum Gasteiger partial charge on any atom is 0.233 e. The van der Waals surface area contributed by atoms with Gasteiger partial charge in [0.2, 0.25) is 11.8 Å². The maximum atomic E-state index is 12.9. The second-order valence-electron chi connectivity index (χ2n) is 4.43. The average Bonchev–Trinajstić information content (AvgIpc) is 2.26. The highest BCUT2D eigenvalue weighted by atomic mass is 19.1. The summed E-state index contributed by atoms with van der Waals surface area (Å²) in [5.41, 5.74) is 0.344. The van der Waals surface area contributed by atoms with Crippen LogP contribution in [0.15, 0.2) is 24.3 Å². The summed E-state index contributed by atoms with van der Waals surface area (Å²) in [6.07, 6.45) is -0.261. The van der Waals surface area contributed by atoms with E-state index in [9.17, 15) is 14.0 Å². The topological polar surface area (TPSA) is 58.2 Å². The highest BCUT2D eigenvalue weighted by molar-refractivity contribution is 6.03. The van der Waals surface area contributed by atoms with Gasteiger partial charge in [0.1, 0.15) is 12.2 Å². The molecule has 0 atom stereocenters. The summed E-state index contributed by atoms with van der Waals surface area (Å²) < 4.78 is 12.9. The fourth-order valence-corrected chi connectivity index (χ4v) is 1.30. The number of rotatable bonds is 5. The summed E-state index contributed by atoms with van der Waals surface area (Å²) in [5.74, 6) is -0.892. The molecule has 0 saturated carbocycles. The van der Waals surface area contributed by atoms with Crippen molar-refractivity contribution in [2.45, 2.75) is 20.3 Å². The zero-order valence-electron chi connectivity index (χ0n) is 10.5. The van der Waals surface area contributed by atoms with E-state index in [1.165, 1.54) is 18.2 Å². The monoisotopic (exact) mass is 252 g/mol. The molecule has 0 bridgehead atoms. The smallest absolute Gasteiger partial charge is 0.233 e. The highest BCUT2D eigenvalue weighted by Crippen LogP contribution is 2.09. The first-order chi connectivity index (χ1) is 8.47. The molecule has 18 heavy (non-hydrogen) atoms. The SMILES string of the molecule is CC(C)CNC(=O)CC(=O)Nc1cccc(F)c1. The number of nitrogens with one attached hydrogen (secondary N) is 2. The van der Waals surface area contributed by atoms with Crippen molar-refractivity contribution in [2.24, 2.45) is 5.92 Å². The number of hydrogen-bond acceptors (Lipinski definition) is 2.